The summed E-state index contributed by atoms with van der Waals surface area (Å²) in [6.45, 7) is 0. The van der Waals surface area contributed by atoms with Crippen LogP contribution in [0.2, 0.25) is 0 Å². The number of aromatic amines is 1. The summed E-state index contributed by atoms with van der Waals surface area (Å²) < 4.78 is 4.04. The first-order valence-corrected chi connectivity index (χ1v) is 5.73. The van der Waals surface area contributed by atoms with Crippen LogP contribution < -0.4 is 4.87 Å². The lowest BCUT2D eigenvalue weighted by atomic mass is 9.82. The fourth-order valence-corrected chi connectivity index (χ4v) is 2.56. The maximum atomic E-state index is 10.9. The van der Waals surface area contributed by atoms with E-state index >= 15 is 0 Å². The molecule has 1 saturated carbocycles. The molecule has 0 radical (unpaired) electrons. The highest BCUT2D eigenvalue weighted by Crippen LogP contribution is 2.34. The van der Waals surface area contributed by atoms with Crippen LogP contribution in [0.4, 0.5) is 0 Å². The molecule has 82 valence electrons. The average Bonchev–Trinajstić information content (AvgIpc) is 2.65. The lowest BCUT2D eigenvalue weighted by Crippen LogP contribution is -2.21. The lowest BCUT2D eigenvalue weighted by molar-refractivity contribution is -0.142. The third kappa shape index (κ3) is 2.26. The molecule has 6 heteroatoms. The van der Waals surface area contributed by atoms with Crippen LogP contribution >= 0.6 is 11.5 Å². The predicted molar refractivity (Wildman–Crippen MR) is 55.1 cm³/mol. The summed E-state index contributed by atoms with van der Waals surface area (Å²) in [4.78, 5) is 24.2. The van der Waals surface area contributed by atoms with Crippen molar-refractivity contribution in [3.8, 4) is 0 Å². The van der Waals surface area contributed by atoms with Crippen molar-refractivity contribution >= 4 is 17.5 Å². The maximum Gasteiger partial charge on any atom is 0.323 e. The Balaban J connectivity index is 1.99. The molecule has 5 nitrogen and oxygen atoms in total. The minimum atomic E-state index is -0.708. The fraction of sp³-hybridized carbons (Fsp3) is 0.667. The Hall–Kier alpha value is -1.17. The highest BCUT2D eigenvalue weighted by Gasteiger charge is 2.28. The van der Waals surface area contributed by atoms with Gasteiger partial charge in [-0.1, -0.05) is 0 Å². The first-order chi connectivity index (χ1) is 7.16. The number of nitrogens with zero attached hydrogens (tertiary/aromatic N) is 1. The standard InChI is InChI=1S/C9H12N2O3S/c12-8(13)6-3-1-5(2-4-6)7-10-9(14)15-11-7/h5-6H,1-4H2,(H,12,13)(H,10,11,14). The highest BCUT2D eigenvalue weighted by atomic mass is 32.1. The van der Waals surface area contributed by atoms with E-state index in [9.17, 15) is 9.59 Å². The first kappa shape index (κ1) is 10.4. The minimum absolute atomic E-state index is 0.134. The molecule has 0 unspecified atom stereocenters. The molecule has 15 heavy (non-hydrogen) atoms. The summed E-state index contributed by atoms with van der Waals surface area (Å²) in [5.41, 5.74) is 0. The molecule has 1 aromatic rings. The number of carboxylic acid groups (broad SMARTS) is 1. The number of H-pyrrole nitrogens is 1. The zero-order chi connectivity index (χ0) is 10.8. The molecule has 2 N–H and O–H groups in total. The molecule has 1 heterocycles. The Morgan fingerprint density at radius 1 is 1.40 bits per heavy atom. The lowest BCUT2D eigenvalue weighted by Gasteiger charge is -2.24. The molecule has 0 atom stereocenters. The number of rotatable bonds is 2. The molecule has 1 aliphatic carbocycles. The van der Waals surface area contributed by atoms with Gasteiger partial charge in [0.05, 0.1) is 5.92 Å². The molecule has 2 rings (SSSR count). The Kier molecular flexibility index (Phi) is 2.86. The molecule has 0 aliphatic heterocycles. The monoisotopic (exact) mass is 228 g/mol. The van der Waals surface area contributed by atoms with Crippen LogP contribution in [0.1, 0.15) is 37.4 Å². The topological polar surface area (TPSA) is 83.0 Å². The third-order valence-corrected chi connectivity index (χ3v) is 3.48. The van der Waals surface area contributed by atoms with Gasteiger partial charge >= 0.3 is 10.8 Å². The minimum Gasteiger partial charge on any atom is -0.481 e. The van der Waals surface area contributed by atoms with Crippen molar-refractivity contribution in [2.45, 2.75) is 31.6 Å². The summed E-state index contributed by atoms with van der Waals surface area (Å²) >= 11 is 0.928. The van der Waals surface area contributed by atoms with Gasteiger partial charge in [-0.15, -0.1) is 0 Å². The van der Waals surface area contributed by atoms with Crippen molar-refractivity contribution in [1.82, 2.24) is 9.36 Å². The van der Waals surface area contributed by atoms with E-state index in [1.165, 1.54) is 0 Å². The molecule has 0 saturated heterocycles. The molecule has 1 fully saturated rings. The van der Waals surface area contributed by atoms with Gasteiger partial charge in [-0.25, -0.2) is 0 Å². The van der Waals surface area contributed by atoms with E-state index in [0.29, 0.717) is 12.8 Å². The summed E-state index contributed by atoms with van der Waals surface area (Å²) in [6, 6.07) is 0. The number of carboxylic acids is 1. The van der Waals surface area contributed by atoms with Crippen LogP contribution in [0, 0.1) is 5.92 Å². The van der Waals surface area contributed by atoms with E-state index < -0.39 is 5.97 Å². The molecule has 1 aromatic heterocycles. The SMILES string of the molecule is O=C(O)C1CCC(c2nsc(=O)[nH]2)CC1. The normalized spacial score (nSPS) is 26.4. The highest BCUT2D eigenvalue weighted by molar-refractivity contribution is 7.02. The number of hydrogen-bond donors (Lipinski definition) is 2. The summed E-state index contributed by atoms with van der Waals surface area (Å²) in [7, 11) is 0. The van der Waals surface area contributed by atoms with E-state index in [2.05, 4.69) is 9.36 Å². The van der Waals surface area contributed by atoms with E-state index in [0.717, 1.165) is 30.2 Å². The predicted octanol–water partition coefficient (Wildman–Crippen LogP) is 1.19. The first-order valence-electron chi connectivity index (χ1n) is 4.95. The van der Waals surface area contributed by atoms with Crippen LogP contribution in [-0.4, -0.2) is 20.4 Å². The van der Waals surface area contributed by atoms with Gasteiger partial charge in [0.2, 0.25) is 0 Å². The largest absolute Gasteiger partial charge is 0.481 e. The van der Waals surface area contributed by atoms with Crippen LogP contribution in [0.15, 0.2) is 4.79 Å². The Morgan fingerprint density at radius 2 is 2.07 bits per heavy atom. The second-order valence-corrected chi connectivity index (χ2v) is 4.60. The fourth-order valence-electron chi connectivity index (χ4n) is 2.03. The number of aromatic nitrogens is 2. The Labute approximate surface area is 90.3 Å². The maximum absolute atomic E-state index is 10.9. The van der Waals surface area contributed by atoms with Gasteiger partial charge in [0.25, 0.3) is 0 Å². The number of hydrogen-bond acceptors (Lipinski definition) is 4. The van der Waals surface area contributed by atoms with Crippen molar-refractivity contribution in [1.29, 1.82) is 0 Å². The molecule has 0 bridgehead atoms. The third-order valence-electron chi connectivity index (χ3n) is 2.92. The average molecular weight is 228 g/mol. The van der Waals surface area contributed by atoms with Crippen LogP contribution in [0.3, 0.4) is 0 Å². The summed E-state index contributed by atoms with van der Waals surface area (Å²) in [5, 5.41) is 8.83. The van der Waals surface area contributed by atoms with E-state index in [1.54, 1.807) is 0 Å². The molecular weight excluding hydrogens is 216 g/mol. The van der Waals surface area contributed by atoms with Gasteiger partial charge in [0.15, 0.2) is 0 Å². The molecule has 1 aliphatic rings. The van der Waals surface area contributed by atoms with Gasteiger partial charge in [0, 0.05) is 17.5 Å². The van der Waals surface area contributed by atoms with Crippen molar-refractivity contribution in [2.75, 3.05) is 0 Å². The molecule has 0 aromatic carbocycles. The number of nitrogens with one attached hydrogen (secondary N) is 1. The quantitative estimate of drug-likeness (QED) is 0.796. The number of carbonyl (C=O) groups is 1. The van der Waals surface area contributed by atoms with Gasteiger partial charge in [-0.05, 0) is 25.7 Å². The summed E-state index contributed by atoms with van der Waals surface area (Å²) in [6.07, 6.45) is 2.96. The molecule has 0 spiro atoms. The van der Waals surface area contributed by atoms with Crippen molar-refractivity contribution in [2.24, 2.45) is 5.92 Å². The van der Waals surface area contributed by atoms with E-state index in [4.69, 9.17) is 5.11 Å². The number of aliphatic carboxylic acids is 1. The van der Waals surface area contributed by atoms with E-state index in [-0.39, 0.29) is 16.7 Å². The summed E-state index contributed by atoms with van der Waals surface area (Å²) in [5.74, 6) is 0.0419. The zero-order valence-corrected chi connectivity index (χ0v) is 8.92. The van der Waals surface area contributed by atoms with Crippen LogP contribution in [-0.2, 0) is 4.79 Å². The van der Waals surface area contributed by atoms with Crippen molar-refractivity contribution in [3.63, 3.8) is 0 Å². The van der Waals surface area contributed by atoms with E-state index in [1.807, 2.05) is 0 Å². The zero-order valence-electron chi connectivity index (χ0n) is 8.10. The van der Waals surface area contributed by atoms with Gasteiger partial charge in [-0.2, -0.15) is 4.37 Å². The van der Waals surface area contributed by atoms with Gasteiger partial charge in [-0.3, -0.25) is 14.6 Å². The Morgan fingerprint density at radius 3 is 2.53 bits per heavy atom. The van der Waals surface area contributed by atoms with Crippen molar-refractivity contribution < 1.29 is 9.90 Å². The molecular formula is C9H12N2O3S. The van der Waals surface area contributed by atoms with Crippen LogP contribution in [0.5, 0.6) is 0 Å². The molecule has 0 amide bonds. The van der Waals surface area contributed by atoms with Crippen molar-refractivity contribution in [3.05, 3.63) is 15.5 Å². The Bertz CT molecular complexity index is 403. The second kappa shape index (κ2) is 4.14. The second-order valence-electron chi connectivity index (χ2n) is 3.87. The van der Waals surface area contributed by atoms with Crippen LogP contribution in [0.25, 0.3) is 0 Å². The van der Waals surface area contributed by atoms with Gasteiger partial charge < -0.3 is 5.11 Å². The van der Waals surface area contributed by atoms with Gasteiger partial charge in [0.1, 0.15) is 5.82 Å². The smallest absolute Gasteiger partial charge is 0.323 e.